The Morgan fingerprint density at radius 2 is 2.00 bits per heavy atom. The Morgan fingerprint density at radius 1 is 1.35 bits per heavy atom. The third kappa shape index (κ3) is 2.97. The number of rotatable bonds is 4. The minimum Gasteiger partial charge on any atom is -0.355 e. The average molecular weight is 240 g/mol. The quantitative estimate of drug-likeness (QED) is 0.669. The zero-order chi connectivity index (χ0) is 12.3. The highest BCUT2D eigenvalue weighted by Gasteiger charge is 2.30. The van der Waals surface area contributed by atoms with Crippen LogP contribution in [-0.4, -0.2) is 73.6 Å². The molecule has 5 nitrogen and oxygen atoms in total. The summed E-state index contributed by atoms with van der Waals surface area (Å²) in [5.74, 6) is 0.159. The van der Waals surface area contributed by atoms with Gasteiger partial charge < -0.3 is 10.6 Å². The lowest BCUT2D eigenvalue weighted by Gasteiger charge is -2.44. The van der Waals surface area contributed by atoms with Crippen molar-refractivity contribution in [3.63, 3.8) is 0 Å². The molecule has 98 valence electrons. The molecule has 0 saturated carbocycles. The molecule has 0 aliphatic carbocycles. The first-order valence-corrected chi connectivity index (χ1v) is 6.69. The molecule has 0 spiro atoms. The number of likely N-dealkylation sites (N-methyl/N-ethyl adjacent to an activating group) is 1. The molecule has 1 atom stereocenters. The Bertz CT molecular complexity index is 259. The van der Waals surface area contributed by atoms with E-state index in [-0.39, 0.29) is 11.9 Å². The molecule has 2 rings (SSSR count). The maximum Gasteiger partial charge on any atom is 0.237 e. The highest BCUT2D eigenvalue weighted by atomic mass is 16.2. The molecule has 0 aromatic carbocycles. The maximum absolute atomic E-state index is 11.7. The van der Waals surface area contributed by atoms with Crippen LogP contribution in [0.1, 0.15) is 13.8 Å². The van der Waals surface area contributed by atoms with Crippen LogP contribution in [-0.2, 0) is 4.79 Å². The van der Waals surface area contributed by atoms with E-state index in [1.54, 1.807) is 0 Å². The van der Waals surface area contributed by atoms with Crippen molar-refractivity contribution in [3.8, 4) is 0 Å². The largest absolute Gasteiger partial charge is 0.355 e. The first kappa shape index (κ1) is 12.8. The molecule has 17 heavy (non-hydrogen) atoms. The van der Waals surface area contributed by atoms with Gasteiger partial charge in [0, 0.05) is 51.9 Å². The van der Waals surface area contributed by atoms with Crippen LogP contribution in [0.25, 0.3) is 0 Å². The van der Waals surface area contributed by atoms with Gasteiger partial charge in [0.25, 0.3) is 0 Å². The van der Waals surface area contributed by atoms with Gasteiger partial charge in [-0.05, 0) is 13.8 Å². The topological polar surface area (TPSA) is 47.6 Å². The van der Waals surface area contributed by atoms with E-state index in [4.69, 9.17) is 0 Å². The van der Waals surface area contributed by atoms with Gasteiger partial charge in [0.1, 0.15) is 0 Å². The molecule has 0 radical (unpaired) electrons. The Labute approximate surface area is 104 Å². The zero-order valence-electron chi connectivity index (χ0n) is 10.9. The summed E-state index contributed by atoms with van der Waals surface area (Å²) in [5.41, 5.74) is 0. The highest BCUT2D eigenvalue weighted by molar-refractivity contribution is 5.81. The van der Waals surface area contributed by atoms with Gasteiger partial charge >= 0.3 is 0 Å². The molecule has 2 N–H and O–H groups in total. The lowest BCUT2D eigenvalue weighted by molar-refractivity contribution is -0.126. The molecule has 0 aromatic heterocycles. The van der Waals surface area contributed by atoms with Gasteiger partial charge in [-0.15, -0.1) is 0 Å². The van der Waals surface area contributed by atoms with Crippen molar-refractivity contribution in [1.82, 2.24) is 20.4 Å². The van der Waals surface area contributed by atoms with Gasteiger partial charge in [0.05, 0.1) is 6.04 Å². The predicted molar refractivity (Wildman–Crippen MR) is 67.9 cm³/mol. The minimum atomic E-state index is 0.0108. The second-order valence-electron chi connectivity index (χ2n) is 4.95. The maximum atomic E-state index is 11.7. The second-order valence-corrected chi connectivity index (χ2v) is 4.95. The van der Waals surface area contributed by atoms with Crippen LogP contribution in [0, 0.1) is 0 Å². The Balaban J connectivity index is 1.75. The predicted octanol–water partition coefficient (Wildman–Crippen LogP) is -0.900. The molecule has 1 amide bonds. The molecule has 0 bridgehead atoms. The van der Waals surface area contributed by atoms with Crippen LogP contribution in [0.2, 0.25) is 0 Å². The summed E-state index contributed by atoms with van der Waals surface area (Å²) in [6.07, 6.45) is 0. The Hall–Kier alpha value is -0.650. The van der Waals surface area contributed by atoms with Crippen molar-refractivity contribution < 1.29 is 4.79 Å². The van der Waals surface area contributed by atoms with Crippen molar-refractivity contribution in [3.05, 3.63) is 0 Å². The fraction of sp³-hybridized carbons (Fsp3) is 0.917. The van der Waals surface area contributed by atoms with E-state index in [0.717, 1.165) is 51.9 Å². The number of carbonyl (C=O) groups excluding carboxylic acids is 1. The highest BCUT2D eigenvalue weighted by Crippen LogP contribution is 2.11. The first-order chi connectivity index (χ1) is 8.22. The molecule has 0 aromatic rings. The van der Waals surface area contributed by atoms with Gasteiger partial charge in [0.2, 0.25) is 5.91 Å². The van der Waals surface area contributed by atoms with E-state index >= 15 is 0 Å². The number of piperazine rings is 1. The SMILES string of the molecule is CCNC(=O)C(C)N1CCN(C2CNC2)CC1. The Morgan fingerprint density at radius 3 is 2.47 bits per heavy atom. The lowest BCUT2D eigenvalue weighted by atomic mass is 10.1. The van der Waals surface area contributed by atoms with Crippen LogP contribution in [0.5, 0.6) is 0 Å². The summed E-state index contributed by atoms with van der Waals surface area (Å²) in [6.45, 7) is 11.2. The fourth-order valence-corrected chi connectivity index (χ4v) is 2.51. The first-order valence-electron chi connectivity index (χ1n) is 6.69. The van der Waals surface area contributed by atoms with Crippen LogP contribution in [0.4, 0.5) is 0 Å². The standard InChI is InChI=1S/C12H24N4O/c1-3-14-12(17)10(2)15-4-6-16(7-5-15)11-8-13-9-11/h10-11,13H,3-9H2,1-2H3,(H,14,17). The molecule has 5 heteroatoms. The zero-order valence-corrected chi connectivity index (χ0v) is 10.9. The number of hydrogen-bond donors (Lipinski definition) is 2. The Kier molecular flexibility index (Phi) is 4.36. The summed E-state index contributed by atoms with van der Waals surface area (Å²) in [4.78, 5) is 16.6. The van der Waals surface area contributed by atoms with Crippen molar-refractivity contribution >= 4 is 5.91 Å². The molecular formula is C12H24N4O. The smallest absolute Gasteiger partial charge is 0.237 e. The summed E-state index contributed by atoms with van der Waals surface area (Å²) in [5, 5.41) is 6.20. The van der Waals surface area contributed by atoms with Crippen LogP contribution < -0.4 is 10.6 Å². The van der Waals surface area contributed by atoms with Gasteiger partial charge in [-0.2, -0.15) is 0 Å². The molecule has 2 aliphatic heterocycles. The number of carbonyl (C=O) groups is 1. The molecule has 2 aliphatic rings. The van der Waals surface area contributed by atoms with Gasteiger partial charge in [-0.25, -0.2) is 0 Å². The van der Waals surface area contributed by atoms with E-state index < -0.39 is 0 Å². The molecule has 1 unspecified atom stereocenters. The summed E-state index contributed by atoms with van der Waals surface area (Å²) < 4.78 is 0. The fourth-order valence-electron chi connectivity index (χ4n) is 2.51. The van der Waals surface area contributed by atoms with Crippen molar-refractivity contribution in [2.75, 3.05) is 45.8 Å². The summed E-state index contributed by atoms with van der Waals surface area (Å²) in [6, 6.07) is 0.744. The van der Waals surface area contributed by atoms with Gasteiger partial charge in [-0.1, -0.05) is 0 Å². The third-order valence-electron chi connectivity index (χ3n) is 3.90. The van der Waals surface area contributed by atoms with Crippen molar-refractivity contribution in [2.45, 2.75) is 25.9 Å². The van der Waals surface area contributed by atoms with Gasteiger partial charge in [-0.3, -0.25) is 14.6 Å². The monoisotopic (exact) mass is 240 g/mol. The molecular weight excluding hydrogens is 216 g/mol. The number of nitrogens with zero attached hydrogens (tertiary/aromatic N) is 2. The number of nitrogens with one attached hydrogen (secondary N) is 2. The van der Waals surface area contributed by atoms with E-state index in [1.165, 1.54) is 0 Å². The number of amides is 1. The van der Waals surface area contributed by atoms with Crippen LogP contribution in [0.3, 0.4) is 0 Å². The van der Waals surface area contributed by atoms with Crippen LogP contribution in [0.15, 0.2) is 0 Å². The molecule has 2 heterocycles. The molecule has 2 fully saturated rings. The minimum absolute atomic E-state index is 0.0108. The van der Waals surface area contributed by atoms with Crippen molar-refractivity contribution in [1.29, 1.82) is 0 Å². The second kappa shape index (κ2) is 5.80. The lowest BCUT2D eigenvalue weighted by Crippen LogP contribution is -2.63. The average Bonchev–Trinajstić information content (AvgIpc) is 2.27. The summed E-state index contributed by atoms with van der Waals surface area (Å²) >= 11 is 0. The van der Waals surface area contributed by atoms with E-state index in [2.05, 4.69) is 20.4 Å². The van der Waals surface area contributed by atoms with E-state index in [1.807, 2.05) is 13.8 Å². The molecule has 2 saturated heterocycles. The van der Waals surface area contributed by atoms with Crippen LogP contribution >= 0.6 is 0 Å². The van der Waals surface area contributed by atoms with E-state index in [9.17, 15) is 4.79 Å². The van der Waals surface area contributed by atoms with Gasteiger partial charge in [0.15, 0.2) is 0 Å². The normalized spacial score (nSPS) is 25.3. The third-order valence-corrected chi connectivity index (χ3v) is 3.90. The summed E-state index contributed by atoms with van der Waals surface area (Å²) in [7, 11) is 0. The van der Waals surface area contributed by atoms with E-state index in [0.29, 0.717) is 0 Å². The number of hydrogen-bond acceptors (Lipinski definition) is 4. The van der Waals surface area contributed by atoms with Crippen molar-refractivity contribution in [2.24, 2.45) is 0 Å².